The van der Waals surface area contributed by atoms with Gasteiger partial charge in [0.2, 0.25) is 0 Å². The van der Waals surface area contributed by atoms with Gasteiger partial charge in [-0.05, 0) is 53.9 Å². The number of urea groups is 1. The number of halogens is 1. The van der Waals surface area contributed by atoms with Gasteiger partial charge in [-0.15, -0.1) is 0 Å². The third kappa shape index (κ3) is 5.89. The predicted molar refractivity (Wildman–Crippen MR) is 108 cm³/mol. The number of hydrogen-bond donors (Lipinski definition) is 3. The number of rotatable bonds is 7. The molecular formula is C21H20ClN3O3. The summed E-state index contributed by atoms with van der Waals surface area (Å²) in [6.45, 7) is 0.902. The molecule has 0 saturated carbocycles. The molecule has 0 aliphatic rings. The average Bonchev–Trinajstić information content (AvgIpc) is 3.22. The first-order valence-corrected chi connectivity index (χ1v) is 9.18. The minimum absolute atomic E-state index is 0.239. The van der Waals surface area contributed by atoms with Gasteiger partial charge >= 0.3 is 6.03 Å². The second-order valence-corrected chi connectivity index (χ2v) is 6.55. The Balaban J connectivity index is 1.39. The molecule has 0 saturated heterocycles. The highest BCUT2D eigenvalue weighted by Gasteiger charge is 2.08. The maximum absolute atomic E-state index is 11.9. The highest BCUT2D eigenvalue weighted by molar-refractivity contribution is 6.30. The highest BCUT2D eigenvalue weighted by atomic mass is 35.5. The maximum atomic E-state index is 11.9. The number of furan rings is 1. The van der Waals surface area contributed by atoms with E-state index in [0.29, 0.717) is 30.2 Å². The van der Waals surface area contributed by atoms with Gasteiger partial charge in [0.15, 0.2) is 5.76 Å². The molecule has 28 heavy (non-hydrogen) atoms. The zero-order valence-corrected chi connectivity index (χ0v) is 15.8. The van der Waals surface area contributed by atoms with E-state index in [1.54, 1.807) is 24.3 Å². The molecular weight excluding hydrogens is 378 g/mol. The molecule has 0 unspecified atom stereocenters. The Morgan fingerprint density at radius 2 is 1.75 bits per heavy atom. The quantitative estimate of drug-likeness (QED) is 0.558. The van der Waals surface area contributed by atoms with Crippen molar-refractivity contribution < 1.29 is 14.0 Å². The largest absolute Gasteiger partial charge is 0.459 e. The van der Waals surface area contributed by atoms with Crippen LogP contribution in [0.25, 0.3) is 0 Å². The fraction of sp³-hybridized carbons (Fsp3) is 0.143. The first-order valence-electron chi connectivity index (χ1n) is 8.80. The van der Waals surface area contributed by atoms with E-state index in [2.05, 4.69) is 16.0 Å². The van der Waals surface area contributed by atoms with E-state index in [4.69, 9.17) is 16.0 Å². The zero-order chi connectivity index (χ0) is 19.8. The summed E-state index contributed by atoms with van der Waals surface area (Å²) in [7, 11) is 0. The van der Waals surface area contributed by atoms with Crippen LogP contribution in [-0.2, 0) is 13.0 Å². The molecule has 0 radical (unpaired) electrons. The lowest BCUT2D eigenvalue weighted by Crippen LogP contribution is -2.36. The third-order valence-corrected chi connectivity index (χ3v) is 4.23. The molecule has 144 valence electrons. The molecule has 2 aromatic carbocycles. The van der Waals surface area contributed by atoms with Gasteiger partial charge in [0, 0.05) is 23.8 Å². The lowest BCUT2D eigenvalue weighted by molar-refractivity contribution is 0.0996. The summed E-state index contributed by atoms with van der Waals surface area (Å²) in [6, 6.07) is 17.8. The average molecular weight is 398 g/mol. The molecule has 1 aromatic heterocycles. The van der Waals surface area contributed by atoms with Gasteiger partial charge in [-0.1, -0.05) is 35.9 Å². The second kappa shape index (κ2) is 9.62. The van der Waals surface area contributed by atoms with Crippen LogP contribution in [-0.4, -0.2) is 18.5 Å². The lowest BCUT2D eigenvalue weighted by Gasteiger charge is -2.09. The van der Waals surface area contributed by atoms with Gasteiger partial charge in [0.25, 0.3) is 5.91 Å². The number of benzene rings is 2. The molecule has 0 bridgehead atoms. The SMILES string of the molecule is O=C(NCCc1cccc(Cl)c1)NCc1ccc(NC(=O)c2ccco2)cc1. The number of carbonyl (C=O) groups excluding carboxylic acids is 2. The van der Waals surface area contributed by atoms with Crippen molar-refractivity contribution in [3.63, 3.8) is 0 Å². The van der Waals surface area contributed by atoms with E-state index < -0.39 is 0 Å². The Morgan fingerprint density at radius 3 is 2.46 bits per heavy atom. The second-order valence-electron chi connectivity index (χ2n) is 6.12. The van der Waals surface area contributed by atoms with E-state index in [9.17, 15) is 9.59 Å². The van der Waals surface area contributed by atoms with Crippen LogP contribution < -0.4 is 16.0 Å². The highest BCUT2D eigenvalue weighted by Crippen LogP contribution is 2.12. The summed E-state index contributed by atoms with van der Waals surface area (Å²) in [5.74, 6) is -0.0601. The number of nitrogens with one attached hydrogen (secondary N) is 3. The number of hydrogen-bond acceptors (Lipinski definition) is 3. The minimum Gasteiger partial charge on any atom is -0.459 e. The van der Waals surface area contributed by atoms with E-state index in [1.807, 2.05) is 36.4 Å². The summed E-state index contributed by atoms with van der Waals surface area (Å²) >= 11 is 5.94. The van der Waals surface area contributed by atoms with Gasteiger partial charge in [-0.25, -0.2) is 4.79 Å². The van der Waals surface area contributed by atoms with Crippen LogP contribution in [0.1, 0.15) is 21.7 Å². The normalized spacial score (nSPS) is 10.3. The summed E-state index contributed by atoms with van der Waals surface area (Å²) < 4.78 is 5.05. The van der Waals surface area contributed by atoms with Crippen molar-refractivity contribution in [2.75, 3.05) is 11.9 Å². The number of anilines is 1. The Morgan fingerprint density at radius 1 is 0.929 bits per heavy atom. The molecule has 3 aromatic rings. The molecule has 0 atom stereocenters. The van der Waals surface area contributed by atoms with E-state index in [0.717, 1.165) is 11.1 Å². The van der Waals surface area contributed by atoms with E-state index >= 15 is 0 Å². The summed E-state index contributed by atoms with van der Waals surface area (Å²) in [5, 5.41) is 9.04. The molecule has 0 aliphatic heterocycles. The Bertz CT molecular complexity index is 924. The molecule has 1 heterocycles. The number of amides is 3. The number of carbonyl (C=O) groups is 2. The standard InChI is InChI=1S/C21H20ClN3O3/c22-17-4-1-3-15(13-17)10-11-23-21(27)24-14-16-6-8-18(9-7-16)25-20(26)19-5-2-12-28-19/h1-9,12-13H,10-11,14H2,(H,25,26)(H2,23,24,27). The van der Waals surface area contributed by atoms with Crippen molar-refractivity contribution in [1.82, 2.24) is 10.6 Å². The van der Waals surface area contributed by atoms with Crippen LogP contribution in [0.3, 0.4) is 0 Å². The van der Waals surface area contributed by atoms with Crippen molar-refractivity contribution in [1.29, 1.82) is 0 Å². The van der Waals surface area contributed by atoms with Gasteiger partial charge in [0.05, 0.1) is 6.26 Å². The predicted octanol–water partition coefficient (Wildman–Crippen LogP) is 4.23. The van der Waals surface area contributed by atoms with Gasteiger partial charge in [0.1, 0.15) is 0 Å². The summed E-state index contributed by atoms with van der Waals surface area (Å²) in [6.07, 6.45) is 2.15. The monoisotopic (exact) mass is 397 g/mol. The molecule has 3 N–H and O–H groups in total. The fourth-order valence-electron chi connectivity index (χ4n) is 2.56. The van der Waals surface area contributed by atoms with Crippen molar-refractivity contribution in [2.45, 2.75) is 13.0 Å². The molecule has 0 aliphatic carbocycles. The first kappa shape index (κ1) is 19.5. The van der Waals surface area contributed by atoms with E-state index in [-0.39, 0.29) is 17.7 Å². The van der Waals surface area contributed by atoms with Crippen LogP contribution in [0.2, 0.25) is 5.02 Å². The maximum Gasteiger partial charge on any atom is 0.315 e. The molecule has 7 heteroatoms. The van der Waals surface area contributed by atoms with Crippen molar-refractivity contribution >= 4 is 29.2 Å². The molecule has 6 nitrogen and oxygen atoms in total. The van der Waals surface area contributed by atoms with Gasteiger partial charge < -0.3 is 20.4 Å². The summed E-state index contributed by atoms with van der Waals surface area (Å²) in [4.78, 5) is 23.8. The molecule has 0 spiro atoms. The summed E-state index contributed by atoms with van der Waals surface area (Å²) in [5.41, 5.74) is 2.64. The van der Waals surface area contributed by atoms with Crippen LogP contribution in [0, 0.1) is 0 Å². The topological polar surface area (TPSA) is 83.4 Å². The van der Waals surface area contributed by atoms with Crippen molar-refractivity contribution in [3.8, 4) is 0 Å². The van der Waals surface area contributed by atoms with E-state index in [1.165, 1.54) is 6.26 Å². The molecule has 3 rings (SSSR count). The van der Waals surface area contributed by atoms with Crippen LogP contribution in [0.5, 0.6) is 0 Å². The third-order valence-electron chi connectivity index (χ3n) is 4.00. The Hall–Kier alpha value is -3.25. The first-order chi connectivity index (χ1) is 13.6. The molecule has 3 amide bonds. The van der Waals surface area contributed by atoms with Gasteiger partial charge in [-0.2, -0.15) is 0 Å². The zero-order valence-electron chi connectivity index (χ0n) is 15.1. The lowest BCUT2D eigenvalue weighted by atomic mass is 10.1. The van der Waals surface area contributed by atoms with Crippen LogP contribution >= 0.6 is 11.6 Å². The smallest absolute Gasteiger partial charge is 0.315 e. The fourth-order valence-corrected chi connectivity index (χ4v) is 2.78. The van der Waals surface area contributed by atoms with Crippen molar-refractivity contribution in [3.05, 3.63) is 88.8 Å². The Kier molecular flexibility index (Phi) is 6.70. The van der Waals surface area contributed by atoms with Crippen molar-refractivity contribution in [2.24, 2.45) is 0 Å². The minimum atomic E-state index is -0.310. The Labute approximate surface area is 167 Å². The van der Waals surface area contributed by atoms with Gasteiger partial charge in [-0.3, -0.25) is 4.79 Å². The molecule has 0 fully saturated rings. The van der Waals surface area contributed by atoms with Crippen LogP contribution in [0.15, 0.2) is 71.3 Å². The van der Waals surface area contributed by atoms with Crippen LogP contribution in [0.4, 0.5) is 10.5 Å².